The highest BCUT2D eigenvalue weighted by Crippen LogP contribution is 2.32. The fraction of sp³-hybridized carbons (Fsp3) is 0.281. The normalized spacial score (nSPS) is 15.6. The molecule has 1 aliphatic rings. The Morgan fingerprint density at radius 2 is 2.00 bits per heavy atom. The molecule has 0 aliphatic carbocycles. The van der Waals surface area contributed by atoms with Crippen molar-refractivity contribution >= 4 is 27.8 Å². The molecule has 10 nitrogen and oxygen atoms in total. The zero-order valence-corrected chi connectivity index (χ0v) is 23.7. The van der Waals surface area contributed by atoms with Crippen LogP contribution in [0.4, 0.5) is 0 Å². The molecule has 10 heteroatoms. The maximum atomic E-state index is 13.6. The molecule has 4 N–H and O–H groups in total. The van der Waals surface area contributed by atoms with Gasteiger partial charge in [0.25, 0.3) is 5.91 Å². The Labute approximate surface area is 243 Å². The summed E-state index contributed by atoms with van der Waals surface area (Å²) in [6, 6.07) is 14.3. The number of piperidine rings is 1. The SMILES string of the molecule is CCNCc1cncc(-c2ccc3[nH]nc(-c4ncc(C(=O)N5CCCC(c6nc7ccccc7[nH]6)C5)[nH]4)c3c2)c1C. The van der Waals surface area contributed by atoms with E-state index in [0.29, 0.717) is 30.3 Å². The molecule has 42 heavy (non-hydrogen) atoms. The fourth-order valence-electron chi connectivity index (χ4n) is 5.93. The molecular weight excluding hydrogens is 526 g/mol. The third-order valence-electron chi connectivity index (χ3n) is 8.29. The molecule has 0 saturated carbocycles. The minimum atomic E-state index is -0.0608. The summed E-state index contributed by atoms with van der Waals surface area (Å²) >= 11 is 0. The Hall–Kier alpha value is -4.83. The van der Waals surface area contributed by atoms with Crippen molar-refractivity contribution in [1.29, 1.82) is 0 Å². The number of para-hydroxylation sites is 2. The molecule has 1 fully saturated rings. The molecule has 7 rings (SSSR count). The number of nitrogens with zero attached hydrogens (tertiary/aromatic N) is 5. The monoisotopic (exact) mass is 559 g/mol. The molecule has 1 saturated heterocycles. The summed E-state index contributed by atoms with van der Waals surface area (Å²) in [5.74, 6) is 1.61. The van der Waals surface area contributed by atoms with Crippen LogP contribution in [0.5, 0.6) is 0 Å². The number of fused-ring (bicyclic) bond motifs is 2. The standard InChI is InChI=1S/C32H33N9O/c1-3-33-14-22-15-34-16-24(19(22)2)20-10-11-25-23(13-20)29(40-39-25)31-35-17-28(38-31)32(42)41-12-6-7-21(18-41)30-36-26-8-4-5-9-27(26)37-30/h4-5,8-11,13,15-17,21,33H,3,6-7,12,14,18H2,1-2H3,(H,35,38)(H,36,37)(H,39,40). The number of rotatable bonds is 7. The van der Waals surface area contributed by atoms with Gasteiger partial charge in [0.2, 0.25) is 0 Å². The Kier molecular flexibility index (Phi) is 6.75. The lowest BCUT2D eigenvalue weighted by molar-refractivity contribution is 0.0699. The van der Waals surface area contributed by atoms with Gasteiger partial charge < -0.3 is 20.2 Å². The van der Waals surface area contributed by atoms with Crippen molar-refractivity contribution in [3.05, 3.63) is 83.7 Å². The van der Waals surface area contributed by atoms with E-state index in [1.807, 2.05) is 47.6 Å². The molecule has 1 aliphatic heterocycles. The predicted molar refractivity (Wildman–Crippen MR) is 163 cm³/mol. The summed E-state index contributed by atoms with van der Waals surface area (Å²) in [6.07, 6.45) is 7.36. The number of carbonyl (C=O) groups is 1. The number of amides is 1. The second-order valence-electron chi connectivity index (χ2n) is 11.0. The highest BCUT2D eigenvalue weighted by atomic mass is 16.2. The number of nitrogens with one attached hydrogen (secondary N) is 4. The number of benzene rings is 2. The van der Waals surface area contributed by atoms with Crippen LogP contribution in [0, 0.1) is 6.92 Å². The molecule has 0 bridgehead atoms. The van der Waals surface area contributed by atoms with Gasteiger partial charge in [0.05, 0.1) is 22.7 Å². The average Bonchev–Trinajstić information content (AvgIpc) is 3.78. The van der Waals surface area contributed by atoms with Crippen molar-refractivity contribution in [2.75, 3.05) is 19.6 Å². The Balaban J connectivity index is 1.13. The van der Waals surface area contributed by atoms with Crippen molar-refractivity contribution < 1.29 is 4.79 Å². The summed E-state index contributed by atoms with van der Waals surface area (Å²) in [6.45, 7) is 7.23. The van der Waals surface area contributed by atoms with Gasteiger partial charge >= 0.3 is 0 Å². The van der Waals surface area contributed by atoms with Gasteiger partial charge in [0.1, 0.15) is 17.2 Å². The first-order valence-electron chi connectivity index (χ1n) is 14.5. The first-order chi connectivity index (χ1) is 20.6. The van der Waals surface area contributed by atoms with Gasteiger partial charge in [-0.3, -0.25) is 14.9 Å². The maximum Gasteiger partial charge on any atom is 0.271 e. The van der Waals surface area contributed by atoms with Crippen molar-refractivity contribution in [3.8, 4) is 22.6 Å². The van der Waals surface area contributed by atoms with Gasteiger partial charge in [0.15, 0.2) is 5.82 Å². The predicted octanol–water partition coefficient (Wildman–Crippen LogP) is 5.33. The number of pyridine rings is 1. The Bertz CT molecular complexity index is 1870. The number of aromatic nitrogens is 7. The molecule has 1 atom stereocenters. The van der Waals surface area contributed by atoms with E-state index in [4.69, 9.17) is 4.98 Å². The van der Waals surface area contributed by atoms with Crippen LogP contribution in [0.2, 0.25) is 0 Å². The lowest BCUT2D eigenvalue weighted by Gasteiger charge is -2.31. The molecule has 1 amide bonds. The van der Waals surface area contributed by atoms with E-state index in [9.17, 15) is 4.79 Å². The van der Waals surface area contributed by atoms with Crippen molar-refractivity contribution in [3.63, 3.8) is 0 Å². The van der Waals surface area contributed by atoms with E-state index in [1.165, 1.54) is 11.1 Å². The van der Waals surface area contributed by atoms with Crippen LogP contribution < -0.4 is 5.32 Å². The summed E-state index contributed by atoms with van der Waals surface area (Å²) in [7, 11) is 0. The zero-order chi connectivity index (χ0) is 28.6. The van der Waals surface area contributed by atoms with E-state index >= 15 is 0 Å². The second kappa shape index (κ2) is 10.9. The van der Waals surface area contributed by atoms with Gasteiger partial charge in [-0.1, -0.05) is 25.1 Å². The largest absolute Gasteiger partial charge is 0.342 e. The molecule has 212 valence electrons. The third kappa shape index (κ3) is 4.73. The van der Waals surface area contributed by atoms with Crippen LogP contribution in [0.3, 0.4) is 0 Å². The summed E-state index contributed by atoms with van der Waals surface area (Å²) in [5, 5.41) is 12.0. The second-order valence-corrected chi connectivity index (χ2v) is 11.0. The lowest BCUT2D eigenvalue weighted by atomic mass is 9.97. The lowest BCUT2D eigenvalue weighted by Crippen LogP contribution is -2.39. The number of imidazole rings is 2. The minimum Gasteiger partial charge on any atom is -0.342 e. The van der Waals surface area contributed by atoms with E-state index in [-0.39, 0.29) is 11.8 Å². The zero-order valence-electron chi connectivity index (χ0n) is 23.7. The van der Waals surface area contributed by atoms with Crippen molar-refractivity contribution in [1.82, 2.24) is 45.3 Å². The molecule has 0 spiro atoms. The quantitative estimate of drug-likeness (QED) is 0.209. The first kappa shape index (κ1) is 26.1. The van der Waals surface area contributed by atoms with Gasteiger partial charge in [-0.25, -0.2) is 9.97 Å². The smallest absolute Gasteiger partial charge is 0.271 e. The van der Waals surface area contributed by atoms with Gasteiger partial charge in [-0.2, -0.15) is 5.10 Å². The molecule has 4 aromatic heterocycles. The number of carbonyl (C=O) groups excluding carboxylic acids is 1. The number of likely N-dealkylation sites (tertiary alicyclic amines) is 1. The summed E-state index contributed by atoms with van der Waals surface area (Å²) in [5.41, 5.74) is 8.53. The highest BCUT2D eigenvalue weighted by Gasteiger charge is 2.28. The molecule has 0 radical (unpaired) electrons. The molecule has 5 heterocycles. The Morgan fingerprint density at radius 3 is 2.88 bits per heavy atom. The van der Waals surface area contributed by atoms with Crippen LogP contribution in [0.1, 0.15) is 53.1 Å². The van der Waals surface area contributed by atoms with Gasteiger partial charge in [-0.15, -0.1) is 0 Å². The van der Waals surface area contributed by atoms with E-state index < -0.39 is 0 Å². The van der Waals surface area contributed by atoms with Crippen molar-refractivity contribution in [2.24, 2.45) is 0 Å². The van der Waals surface area contributed by atoms with Crippen LogP contribution in [-0.4, -0.2) is 65.6 Å². The van der Waals surface area contributed by atoms with Crippen LogP contribution in [0.15, 0.2) is 61.1 Å². The molecular formula is C32H33N9O. The van der Waals surface area contributed by atoms with E-state index in [1.54, 1.807) is 6.20 Å². The summed E-state index contributed by atoms with van der Waals surface area (Å²) < 4.78 is 0. The van der Waals surface area contributed by atoms with Crippen LogP contribution in [-0.2, 0) is 6.54 Å². The number of hydrogen-bond donors (Lipinski definition) is 4. The average molecular weight is 560 g/mol. The Morgan fingerprint density at radius 1 is 1.10 bits per heavy atom. The topological polar surface area (TPSA) is 131 Å². The summed E-state index contributed by atoms with van der Waals surface area (Å²) in [4.78, 5) is 36.0. The van der Waals surface area contributed by atoms with Gasteiger partial charge in [-0.05, 0) is 67.3 Å². The van der Waals surface area contributed by atoms with E-state index in [0.717, 1.165) is 64.8 Å². The maximum absolute atomic E-state index is 13.6. The van der Waals surface area contributed by atoms with E-state index in [2.05, 4.69) is 61.4 Å². The van der Waals surface area contributed by atoms with Crippen molar-refractivity contribution in [2.45, 2.75) is 39.2 Å². The third-order valence-corrected chi connectivity index (χ3v) is 8.29. The number of hydrogen-bond acceptors (Lipinski definition) is 6. The van der Waals surface area contributed by atoms with Crippen LogP contribution in [0.25, 0.3) is 44.6 Å². The number of aromatic amines is 3. The molecule has 2 aromatic carbocycles. The molecule has 6 aromatic rings. The number of H-pyrrole nitrogens is 3. The highest BCUT2D eigenvalue weighted by molar-refractivity contribution is 5.96. The van der Waals surface area contributed by atoms with Crippen LogP contribution >= 0.6 is 0 Å². The first-order valence-corrected chi connectivity index (χ1v) is 14.5. The fourth-order valence-corrected chi connectivity index (χ4v) is 5.93. The van der Waals surface area contributed by atoms with Gasteiger partial charge in [0, 0.05) is 48.9 Å². The molecule has 1 unspecified atom stereocenters. The minimum absolute atomic E-state index is 0.0608.